The molecule has 1 saturated heterocycles. The van der Waals surface area contributed by atoms with Crippen LogP contribution in [-0.4, -0.2) is 59.2 Å². The molecule has 0 unspecified atom stereocenters. The Morgan fingerprint density at radius 2 is 1.73 bits per heavy atom. The second-order valence-corrected chi connectivity index (χ2v) is 10.7. The van der Waals surface area contributed by atoms with Gasteiger partial charge in [0.05, 0.1) is 24.6 Å². The summed E-state index contributed by atoms with van der Waals surface area (Å²) >= 11 is 5.98. The summed E-state index contributed by atoms with van der Waals surface area (Å²) in [4.78, 5) is 41.4. The molecule has 10 nitrogen and oxygen atoms in total. The van der Waals surface area contributed by atoms with E-state index < -0.39 is 23.9 Å². The Hall–Kier alpha value is -4.57. The number of carbonyl (C=O) groups excluding carboxylic acids is 3. The van der Waals surface area contributed by atoms with E-state index >= 15 is 0 Å². The van der Waals surface area contributed by atoms with Crippen molar-refractivity contribution < 1.29 is 19.1 Å². The molecule has 3 aliphatic rings. The van der Waals surface area contributed by atoms with Crippen molar-refractivity contribution in [2.24, 2.45) is 15.4 Å². The first-order chi connectivity index (χ1) is 19.7. The van der Waals surface area contributed by atoms with Gasteiger partial charge in [-0.2, -0.15) is 10.2 Å². The number of amides is 3. The van der Waals surface area contributed by atoms with Crippen LogP contribution in [0.2, 0.25) is 5.02 Å². The topological polar surface area (TPSA) is 107 Å². The Morgan fingerprint density at radius 1 is 1.00 bits per heavy atom. The van der Waals surface area contributed by atoms with Gasteiger partial charge in [-0.3, -0.25) is 19.4 Å². The summed E-state index contributed by atoms with van der Waals surface area (Å²) in [6.45, 7) is 3.79. The van der Waals surface area contributed by atoms with Crippen LogP contribution in [0.3, 0.4) is 0 Å². The first-order valence-corrected chi connectivity index (χ1v) is 13.5. The number of imide groups is 1. The van der Waals surface area contributed by atoms with E-state index in [0.29, 0.717) is 22.9 Å². The van der Waals surface area contributed by atoms with E-state index in [-0.39, 0.29) is 18.5 Å². The normalized spacial score (nSPS) is 21.5. The van der Waals surface area contributed by atoms with E-state index in [1.807, 2.05) is 50.2 Å². The Labute approximate surface area is 241 Å². The molecule has 0 saturated carbocycles. The van der Waals surface area contributed by atoms with Crippen LogP contribution in [0.25, 0.3) is 0 Å². The zero-order valence-corrected chi connectivity index (χ0v) is 23.4. The van der Waals surface area contributed by atoms with E-state index in [4.69, 9.17) is 21.4 Å². The SMILES string of the molecule is COc1ccc([C@@H]2CC(c3ccc(C)cc3C)=NN2C(=O)CN2N=N[C@@H]3C(=O)N(c4ccc(Cl)cc4)C(=O)[C@@H]32)cc1. The van der Waals surface area contributed by atoms with Gasteiger partial charge in [0.25, 0.3) is 17.7 Å². The van der Waals surface area contributed by atoms with Gasteiger partial charge >= 0.3 is 0 Å². The van der Waals surface area contributed by atoms with E-state index in [0.717, 1.165) is 32.9 Å². The number of carbonyl (C=O) groups is 3. The van der Waals surface area contributed by atoms with E-state index in [9.17, 15) is 14.4 Å². The first kappa shape index (κ1) is 26.6. The van der Waals surface area contributed by atoms with E-state index in [1.165, 1.54) is 10.0 Å². The molecule has 208 valence electrons. The highest BCUT2D eigenvalue weighted by Crippen LogP contribution is 2.36. The fourth-order valence-electron chi connectivity index (χ4n) is 5.54. The standard InChI is InChI=1S/C30H27ClN6O4/c1-17-4-13-23(18(2)14-17)24-15-25(19-5-11-22(41-3)12-6-19)37(33-24)26(38)16-35-28-27(32-34-35)29(39)36(30(28)40)21-9-7-20(31)8-10-21/h4-14,25,27-28H,15-16H2,1-3H3/t25-,27-,28+/m0/s1. The lowest BCUT2D eigenvalue weighted by atomic mass is 9.95. The smallest absolute Gasteiger partial charge is 0.264 e. The molecule has 3 aromatic rings. The lowest BCUT2D eigenvalue weighted by Gasteiger charge is -2.25. The molecule has 3 aromatic carbocycles. The molecule has 0 bridgehead atoms. The maximum atomic E-state index is 13.8. The van der Waals surface area contributed by atoms with Gasteiger partial charge in [0, 0.05) is 17.0 Å². The third kappa shape index (κ3) is 4.74. The molecule has 3 atom stereocenters. The number of rotatable bonds is 6. The van der Waals surface area contributed by atoms with Crippen LogP contribution < -0.4 is 9.64 Å². The Balaban J connectivity index is 1.27. The molecule has 11 heteroatoms. The minimum Gasteiger partial charge on any atom is -0.497 e. The summed E-state index contributed by atoms with van der Waals surface area (Å²) in [6, 6.07) is 17.7. The van der Waals surface area contributed by atoms with Gasteiger partial charge in [0.2, 0.25) is 0 Å². The van der Waals surface area contributed by atoms with Crippen LogP contribution in [0.4, 0.5) is 5.69 Å². The fraction of sp³-hybridized carbons (Fsp3) is 0.267. The lowest BCUT2D eigenvalue weighted by Crippen LogP contribution is -2.44. The largest absolute Gasteiger partial charge is 0.497 e. The molecule has 3 heterocycles. The number of benzene rings is 3. The van der Waals surface area contributed by atoms with Crippen LogP contribution >= 0.6 is 11.6 Å². The van der Waals surface area contributed by atoms with E-state index in [1.54, 1.807) is 31.4 Å². The highest BCUT2D eigenvalue weighted by atomic mass is 35.5. The summed E-state index contributed by atoms with van der Waals surface area (Å²) in [5.74, 6) is -0.644. The number of hydrogen-bond donors (Lipinski definition) is 0. The Morgan fingerprint density at radius 3 is 2.41 bits per heavy atom. The summed E-state index contributed by atoms with van der Waals surface area (Å²) in [6.07, 6.45) is 0.511. The highest BCUT2D eigenvalue weighted by molar-refractivity contribution is 6.31. The molecule has 0 aliphatic carbocycles. The molecular formula is C30H27ClN6O4. The second-order valence-electron chi connectivity index (χ2n) is 10.3. The quantitative estimate of drug-likeness (QED) is 0.401. The third-order valence-corrected chi connectivity index (χ3v) is 7.85. The van der Waals surface area contributed by atoms with Gasteiger partial charge in [-0.15, -0.1) is 0 Å². The highest BCUT2D eigenvalue weighted by Gasteiger charge is 2.55. The Kier molecular flexibility index (Phi) is 6.78. The number of methoxy groups -OCH3 is 1. The number of anilines is 1. The van der Waals surface area contributed by atoms with Gasteiger partial charge in [-0.05, 0) is 61.4 Å². The Bertz CT molecular complexity index is 1600. The number of fused-ring (bicyclic) bond motifs is 1. The van der Waals surface area contributed by atoms with Crippen LogP contribution in [0.5, 0.6) is 5.75 Å². The van der Waals surface area contributed by atoms with Gasteiger partial charge < -0.3 is 4.74 Å². The number of hydrogen-bond acceptors (Lipinski definition) is 8. The predicted molar refractivity (Wildman–Crippen MR) is 153 cm³/mol. The molecule has 0 radical (unpaired) electrons. The number of hydrazone groups is 1. The zero-order chi connectivity index (χ0) is 28.8. The van der Waals surface area contributed by atoms with Crippen molar-refractivity contribution in [1.29, 1.82) is 0 Å². The first-order valence-electron chi connectivity index (χ1n) is 13.2. The lowest BCUT2D eigenvalue weighted by molar-refractivity contribution is -0.135. The van der Waals surface area contributed by atoms with Crippen molar-refractivity contribution in [1.82, 2.24) is 10.0 Å². The molecule has 1 fully saturated rings. The maximum Gasteiger partial charge on any atom is 0.264 e. The number of halogens is 1. The molecule has 0 aromatic heterocycles. The number of aryl methyl sites for hydroxylation is 2. The van der Waals surface area contributed by atoms with Crippen LogP contribution in [0.15, 0.2) is 82.2 Å². The minimum absolute atomic E-state index is 0.269. The average Bonchev–Trinajstić information content (AvgIpc) is 3.65. The fourth-order valence-corrected chi connectivity index (χ4v) is 5.66. The van der Waals surface area contributed by atoms with Crippen molar-refractivity contribution in [3.8, 4) is 5.75 Å². The van der Waals surface area contributed by atoms with Crippen LogP contribution in [0, 0.1) is 13.8 Å². The van der Waals surface area contributed by atoms with Crippen molar-refractivity contribution in [2.45, 2.75) is 38.4 Å². The summed E-state index contributed by atoms with van der Waals surface area (Å²) in [5.41, 5.74) is 5.26. The minimum atomic E-state index is -1.02. The van der Waals surface area contributed by atoms with Crippen molar-refractivity contribution in [3.05, 3.63) is 94.0 Å². The summed E-state index contributed by atoms with van der Waals surface area (Å²) < 4.78 is 5.31. The molecule has 41 heavy (non-hydrogen) atoms. The van der Waals surface area contributed by atoms with Gasteiger partial charge in [0.1, 0.15) is 12.3 Å². The van der Waals surface area contributed by atoms with Gasteiger partial charge in [0.15, 0.2) is 12.1 Å². The van der Waals surface area contributed by atoms with Gasteiger partial charge in [-0.25, -0.2) is 9.91 Å². The molecular weight excluding hydrogens is 544 g/mol. The van der Waals surface area contributed by atoms with Crippen molar-refractivity contribution >= 4 is 40.7 Å². The summed E-state index contributed by atoms with van der Waals surface area (Å²) in [5, 5.41) is 16.1. The average molecular weight is 571 g/mol. The predicted octanol–water partition coefficient (Wildman–Crippen LogP) is 4.64. The number of nitrogens with zero attached hydrogens (tertiary/aromatic N) is 6. The second kappa shape index (κ2) is 10.4. The van der Waals surface area contributed by atoms with Crippen molar-refractivity contribution in [3.63, 3.8) is 0 Å². The molecule has 3 amide bonds. The molecule has 0 spiro atoms. The van der Waals surface area contributed by atoms with E-state index in [2.05, 4.69) is 16.4 Å². The number of ether oxygens (including phenoxy) is 1. The monoisotopic (exact) mass is 570 g/mol. The van der Waals surface area contributed by atoms with Gasteiger partial charge in [-0.1, -0.05) is 52.7 Å². The van der Waals surface area contributed by atoms with Crippen LogP contribution in [0.1, 0.15) is 34.7 Å². The molecule has 0 N–H and O–H groups in total. The van der Waals surface area contributed by atoms with Crippen molar-refractivity contribution in [2.75, 3.05) is 18.6 Å². The summed E-state index contributed by atoms with van der Waals surface area (Å²) in [7, 11) is 1.60. The molecule has 6 rings (SSSR count). The maximum absolute atomic E-state index is 13.8. The third-order valence-electron chi connectivity index (χ3n) is 7.60. The zero-order valence-electron chi connectivity index (χ0n) is 22.7. The van der Waals surface area contributed by atoms with Crippen LogP contribution in [-0.2, 0) is 14.4 Å². The molecule has 3 aliphatic heterocycles.